The van der Waals surface area contributed by atoms with Gasteiger partial charge in [0.1, 0.15) is 18.2 Å². The highest BCUT2D eigenvalue weighted by molar-refractivity contribution is 8.02. The molecule has 11 heteroatoms. The molecule has 44 heavy (non-hydrogen) atoms. The minimum atomic E-state index is -0.798. The van der Waals surface area contributed by atoms with Gasteiger partial charge in [-0.1, -0.05) is 54.6 Å². The summed E-state index contributed by atoms with van der Waals surface area (Å²) in [6.07, 6.45) is 4.43. The van der Waals surface area contributed by atoms with Crippen LogP contribution in [0.25, 0.3) is 11.0 Å². The Morgan fingerprint density at radius 3 is 2.55 bits per heavy atom. The molecule has 0 saturated carbocycles. The number of carbonyl (C=O) groups excluding carboxylic acids is 3. The van der Waals surface area contributed by atoms with Gasteiger partial charge in [-0.3, -0.25) is 14.4 Å². The number of hydrogen-bond donors (Lipinski definition) is 1. The highest BCUT2D eigenvalue weighted by Crippen LogP contribution is 2.69. The second-order valence-corrected chi connectivity index (χ2v) is 13.4. The second-order valence-electron chi connectivity index (χ2n) is 11.8. The number of anilines is 1. The van der Waals surface area contributed by atoms with Crippen molar-refractivity contribution < 1.29 is 19.5 Å². The molecule has 3 aliphatic heterocycles. The van der Waals surface area contributed by atoms with Gasteiger partial charge in [0.2, 0.25) is 17.7 Å². The molecule has 3 fully saturated rings. The van der Waals surface area contributed by atoms with Crippen LogP contribution in [0.3, 0.4) is 0 Å². The fourth-order valence-electron chi connectivity index (χ4n) is 7.53. The van der Waals surface area contributed by atoms with E-state index in [1.807, 2.05) is 54.6 Å². The van der Waals surface area contributed by atoms with Gasteiger partial charge in [-0.2, -0.15) is 0 Å². The lowest BCUT2D eigenvalue weighted by Crippen LogP contribution is -2.57. The highest BCUT2D eigenvalue weighted by atomic mass is 32.2. The number of carbonyl (C=O) groups is 3. The second kappa shape index (κ2) is 12.2. The molecule has 6 rings (SSSR count). The summed E-state index contributed by atoms with van der Waals surface area (Å²) in [5.74, 6) is -1.73. The molecule has 2 bridgehead atoms. The Balaban J connectivity index is 1.39. The minimum absolute atomic E-state index is 0.0194. The molecule has 10 nitrogen and oxygen atoms in total. The monoisotopic (exact) mass is 614 g/mol. The lowest BCUT2D eigenvalue weighted by atomic mass is 9.65. The lowest BCUT2D eigenvalue weighted by Gasteiger charge is -2.41. The van der Waals surface area contributed by atoms with Crippen molar-refractivity contribution in [3.05, 3.63) is 79.9 Å². The van der Waals surface area contributed by atoms with Crippen molar-refractivity contribution in [3.8, 4) is 0 Å². The van der Waals surface area contributed by atoms with E-state index >= 15 is 0 Å². The van der Waals surface area contributed by atoms with E-state index in [2.05, 4.69) is 30.4 Å². The maximum atomic E-state index is 14.8. The van der Waals surface area contributed by atoms with Crippen molar-refractivity contribution in [3.63, 3.8) is 0 Å². The van der Waals surface area contributed by atoms with Gasteiger partial charge in [0.05, 0.1) is 22.1 Å². The van der Waals surface area contributed by atoms with Crippen LogP contribution in [0.1, 0.15) is 19.8 Å². The third-order valence-electron chi connectivity index (χ3n) is 9.35. The quantitative estimate of drug-likeness (QED) is 0.312. The number of fused-ring (bicyclic) bond motifs is 2. The van der Waals surface area contributed by atoms with Crippen molar-refractivity contribution >= 4 is 46.2 Å². The average Bonchev–Trinajstić information content (AvgIpc) is 3.76. The molecule has 3 aliphatic rings. The molecule has 1 aromatic heterocycles. The van der Waals surface area contributed by atoms with Gasteiger partial charge in [-0.05, 0) is 43.0 Å². The molecule has 3 unspecified atom stereocenters. The summed E-state index contributed by atoms with van der Waals surface area (Å²) in [5.41, 5.74) is 2.27. The molecule has 3 aromatic rings. The standard InChI is InChI=1S/C33H38N6O4S/c1-4-16-36(21-39-25-15-10-9-14-24(25)34-35-39)32(43)29-33-22(3)20-26(44-33)27(28(33)31(42)38(29)18-11-19-40)30(41)37(17-5-2)23-12-7-6-8-13-23/h4-10,12-15,22,26-29,40H,1-2,11,16-21H2,3H3/t22?,26-,27+,28+,29?,33?/m1/s1. The first-order valence-electron chi connectivity index (χ1n) is 15.1. The number of aromatic nitrogens is 3. The van der Waals surface area contributed by atoms with E-state index < -0.39 is 22.6 Å². The number of thioether (sulfide) groups is 1. The van der Waals surface area contributed by atoms with E-state index in [9.17, 15) is 19.5 Å². The number of amides is 3. The molecule has 0 radical (unpaired) electrons. The largest absolute Gasteiger partial charge is 0.396 e. The first-order chi connectivity index (χ1) is 21.4. The van der Waals surface area contributed by atoms with E-state index in [0.717, 1.165) is 23.1 Å². The SMILES string of the molecule is C=CCN(Cn1nnc2ccccc21)C(=O)C1N(CCCO)C(=O)[C@@H]2[C@@H](C(=O)N(CC=C)c3ccccc3)[C@H]3CC(C)C12S3. The zero-order valence-corrected chi connectivity index (χ0v) is 25.7. The molecule has 1 N–H and O–H groups in total. The summed E-state index contributed by atoms with van der Waals surface area (Å²) < 4.78 is 0.901. The molecule has 6 atom stereocenters. The highest BCUT2D eigenvalue weighted by Gasteiger charge is 2.76. The van der Waals surface area contributed by atoms with Gasteiger partial charge in [0.15, 0.2) is 0 Å². The molecule has 1 spiro atoms. The van der Waals surface area contributed by atoms with Gasteiger partial charge in [-0.15, -0.1) is 30.0 Å². The van der Waals surface area contributed by atoms with E-state index in [-0.39, 0.29) is 55.3 Å². The van der Waals surface area contributed by atoms with Crippen LogP contribution >= 0.6 is 11.8 Å². The zero-order chi connectivity index (χ0) is 31.0. The van der Waals surface area contributed by atoms with Gasteiger partial charge in [0, 0.05) is 37.2 Å². The normalized spacial score (nSPS) is 27.0. The summed E-state index contributed by atoms with van der Waals surface area (Å²) in [6.45, 7) is 10.7. The number of likely N-dealkylation sites (tertiary alicyclic amines) is 1. The van der Waals surface area contributed by atoms with Crippen LogP contribution in [0.2, 0.25) is 0 Å². The van der Waals surface area contributed by atoms with Crippen molar-refractivity contribution in [2.75, 3.05) is 31.1 Å². The van der Waals surface area contributed by atoms with Gasteiger partial charge >= 0.3 is 0 Å². The van der Waals surface area contributed by atoms with Crippen molar-refractivity contribution in [1.29, 1.82) is 0 Å². The van der Waals surface area contributed by atoms with Crippen LogP contribution in [0.5, 0.6) is 0 Å². The number of aliphatic hydroxyl groups excluding tert-OH is 1. The summed E-state index contributed by atoms with van der Waals surface area (Å²) >= 11 is 1.64. The summed E-state index contributed by atoms with van der Waals surface area (Å²) in [4.78, 5) is 48.7. The molecule has 2 aromatic carbocycles. The average molecular weight is 615 g/mol. The van der Waals surface area contributed by atoms with Crippen molar-refractivity contribution in [2.45, 2.75) is 42.5 Å². The van der Waals surface area contributed by atoms with Crippen LogP contribution in [-0.4, -0.2) is 89.9 Å². The van der Waals surface area contributed by atoms with Crippen molar-refractivity contribution in [1.82, 2.24) is 24.8 Å². The van der Waals surface area contributed by atoms with Crippen LogP contribution in [-0.2, 0) is 21.1 Å². The Hall–Kier alpha value is -3.96. The Bertz CT molecular complexity index is 1580. The van der Waals surface area contributed by atoms with Gasteiger partial charge < -0.3 is 19.8 Å². The molecule has 3 amide bonds. The number of nitrogens with zero attached hydrogens (tertiary/aromatic N) is 6. The summed E-state index contributed by atoms with van der Waals surface area (Å²) in [7, 11) is 0. The Kier molecular flexibility index (Phi) is 8.34. The number of aliphatic hydroxyl groups is 1. The number of benzene rings is 2. The van der Waals surface area contributed by atoms with Crippen LogP contribution in [0, 0.1) is 17.8 Å². The lowest BCUT2D eigenvalue weighted by molar-refractivity contribution is -0.143. The Morgan fingerprint density at radius 2 is 1.82 bits per heavy atom. The molecular formula is C33H38N6O4S. The first kappa shape index (κ1) is 30.1. The Labute approximate surface area is 261 Å². The minimum Gasteiger partial charge on any atom is -0.396 e. The predicted octanol–water partition coefficient (Wildman–Crippen LogP) is 3.34. The summed E-state index contributed by atoms with van der Waals surface area (Å²) in [5, 5.41) is 18.2. The van der Waals surface area contributed by atoms with Gasteiger partial charge in [0.25, 0.3) is 0 Å². The molecular weight excluding hydrogens is 576 g/mol. The van der Waals surface area contributed by atoms with Gasteiger partial charge in [-0.25, -0.2) is 4.68 Å². The summed E-state index contributed by atoms with van der Waals surface area (Å²) in [6, 6.07) is 16.2. The molecule has 3 saturated heterocycles. The van der Waals surface area contributed by atoms with Crippen LogP contribution in [0.15, 0.2) is 79.9 Å². The predicted molar refractivity (Wildman–Crippen MR) is 171 cm³/mol. The third-order valence-corrected chi connectivity index (χ3v) is 11.4. The smallest absolute Gasteiger partial charge is 0.248 e. The van der Waals surface area contributed by atoms with E-state index in [0.29, 0.717) is 13.0 Å². The Morgan fingerprint density at radius 1 is 1.09 bits per heavy atom. The third kappa shape index (κ3) is 4.73. The van der Waals surface area contributed by atoms with E-state index in [1.54, 1.807) is 43.3 Å². The topological polar surface area (TPSA) is 112 Å². The maximum absolute atomic E-state index is 14.8. The van der Waals surface area contributed by atoms with Crippen LogP contribution in [0.4, 0.5) is 5.69 Å². The molecule has 0 aliphatic carbocycles. The number of para-hydroxylation sites is 2. The fraction of sp³-hybridized carbons (Fsp3) is 0.424. The number of hydrogen-bond acceptors (Lipinski definition) is 7. The molecule has 230 valence electrons. The number of rotatable bonds is 12. The van der Waals surface area contributed by atoms with Crippen LogP contribution < -0.4 is 4.90 Å². The first-order valence-corrected chi connectivity index (χ1v) is 16.0. The van der Waals surface area contributed by atoms with E-state index in [4.69, 9.17) is 0 Å². The van der Waals surface area contributed by atoms with E-state index in [1.165, 1.54) is 0 Å². The fourth-order valence-corrected chi connectivity index (χ4v) is 9.94. The van der Waals surface area contributed by atoms with Crippen molar-refractivity contribution in [2.24, 2.45) is 17.8 Å². The molecule has 4 heterocycles. The zero-order valence-electron chi connectivity index (χ0n) is 24.9. The maximum Gasteiger partial charge on any atom is 0.248 e.